The van der Waals surface area contributed by atoms with Crippen molar-refractivity contribution in [2.75, 3.05) is 5.75 Å². The monoisotopic (exact) mass is 393 g/mol. The van der Waals surface area contributed by atoms with Crippen molar-refractivity contribution in [3.63, 3.8) is 0 Å². The molecule has 2 aromatic rings. The molecule has 9 heteroatoms. The van der Waals surface area contributed by atoms with Crippen molar-refractivity contribution in [2.45, 2.75) is 22.8 Å². The fourth-order valence-electron chi connectivity index (χ4n) is 2.01. The van der Waals surface area contributed by atoms with E-state index in [1.165, 1.54) is 23.9 Å². The number of carbonyl (C=O) groups excluding carboxylic acids is 2. The number of nitrogens with two attached hydrogens (primary N) is 1. The van der Waals surface area contributed by atoms with E-state index >= 15 is 0 Å². The summed E-state index contributed by atoms with van der Waals surface area (Å²) in [4.78, 5) is 23.6. The van der Waals surface area contributed by atoms with Gasteiger partial charge in [0.05, 0.1) is 4.90 Å². The number of carbonyl (C=O) groups is 2. The summed E-state index contributed by atoms with van der Waals surface area (Å²) in [5.41, 5.74) is 5.66. The van der Waals surface area contributed by atoms with Crippen molar-refractivity contribution in [2.24, 2.45) is 5.73 Å². The number of hydrogen-bond acceptors (Lipinski definition) is 5. The van der Waals surface area contributed by atoms with Gasteiger partial charge in [-0.05, 0) is 29.8 Å². The first-order valence-electron chi connectivity index (χ1n) is 7.72. The van der Waals surface area contributed by atoms with Crippen molar-refractivity contribution >= 4 is 33.7 Å². The molecule has 0 aliphatic rings. The van der Waals surface area contributed by atoms with Gasteiger partial charge in [-0.3, -0.25) is 4.79 Å². The second kappa shape index (κ2) is 9.25. The zero-order valence-electron chi connectivity index (χ0n) is 13.8. The highest BCUT2D eigenvalue weighted by molar-refractivity contribution is 7.99. The Morgan fingerprint density at radius 2 is 1.65 bits per heavy atom. The normalized spacial score (nSPS) is 10.9. The van der Waals surface area contributed by atoms with E-state index < -0.39 is 22.0 Å². The molecule has 7 nitrogen and oxygen atoms in total. The number of primary amides is 1. The summed E-state index contributed by atoms with van der Waals surface area (Å²) in [5, 5.41) is 2.41. The van der Waals surface area contributed by atoms with Crippen LogP contribution in [0, 0.1) is 0 Å². The van der Waals surface area contributed by atoms with Crippen LogP contribution in [-0.2, 0) is 21.4 Å². The molecule has 0 saturated heterocycles. The van der Waals surface area contributed by atoms with E-state index in [9.17, 15) is 18.0 Å². The third kappa shape index (κ3) is 6.41. The van der Waals surface area contributed by atoms with Crippen LogP contribution in [-0.4, -0.2) is 26.1 Å². The van der Waals surface area contributed by atoms with Crippen LogP contribution < -0.4 is 15.8 Å². The van der Waals surface area contributed by atoms with Gasteiger partial charge in [-0.15, -0.1) is 11.8 Å². The minimum atomic E-state index is -3.92. The summed E-state index contributed by atoms with van der Waals surface area (Å²) in [6.45, 7) is 0.193. The van der Waals surface area contributed by atoms with E-state index in [4.69, 9.17) is 5.73 Å². The Labute approximate surface area is 156 Å². The van der Waals surface area contributed by atoms with Gasteiger partial charge in [-0.25, -0.2) is 17.9 Å². The molecule has 3 amide bonds. The zero-order chi connectivity index (χ0) is 19.0. The number of amides is 3. The van der Waals surface area contributed by atoms with Gasteiger partial charge in [0.15, 0.2) is 0 Å². The summed E-state index contributed by atoms with van der Waals surface area (Å²) in [6.07, 6.45) is 0.0827. The molecule has 0 bridgehead atoms. The van der Waals surface area contributed by atoms with Gasteiger partial charge in [-0.2, -0.15) is 0 Å². The molecule has 4 N–H and O–H groups in total. The molecule has 26 heavy (non-hydrogen) atoms. The molecule has 0 heterocycles. The number of nitrogens with one attached hydrogen (secondary N) is 2. The smallest absolute Gasteiger partial charge is 0.312 e. The summed E-state index contributed by atoms with van der Waals surface area (Å²) in [6, 6.07) is 14.7. The van der Waals surface area contributed by atoms with E-state index in [-0.39, 0.29) is 17.9 Å². The van der Waals surface area contributed by atoms with Gasteiger partial charge in [0.2, 0.25) is 5.91 Å². The molecule has 0 aliphatic carbocycles. The number of sulfonamides is 1. The highest BCUT2D eigenvalue weighted by Crippen LogP contribution is 2.18. The predicted octanol–water partition coefficient (Wildman–Crippen LogP) is 1.84. The van der Waals surface area contributed by atoms with E-state index in [1.807, 2.05) is 30.3 Å². The maximum absolute atomic E-state index is 12.2. The maximum Gasteiger partial charge on any atom is 0.312 e. The minimum Gasteiger partial charge on any atom is -0.352 e. The summed E-state index contributed by atoms with van der Waals surface area (Å²) in [7, 11) is -3.92. The van der Waals surface area contributed by atoms with E-state index in [2.05, 4.69) is 10.0 Å². The topological polar surface area (TPSA) is 118 Å². The molecular formula is C17H19N3O4S2. The standard InChI is InChI=1S/C17H19N3O4S2/c18-17(22)19-12-13-6-8-15(9-7-13)26(23,24)20-16(21)10-11-25-14-4-2-1-3-5-14/h1-9H,10-12H2,(H,20,21)(H3,18,19,22). The van der Waals surface area contributed by atoms with Crippen LogP contribution in [0.1, 0.15) is 12.0 Å². The molecule has 2 aromatic carbocycles. The lowest BCUT2D eigenvalue weighted by molar-refractivity contribution is -0.118. The number of urea groups is 1. The van der Waals surface area contributed by atoms with Crippen LogP contribution in [0.2, 0.25) is 0 Å². The first-order chi connectivity index (χ1) is 12.4. The molecule has 0 radical (unpaired) electrons. The lowest BCUT2D eigenvalue weighted by atomic mass is 10.2. The molecular weight excluding hydrogens is 374 g/mol. The highest BCUT2D eigenvalue weighted by Gasteiger charge is 2.17. The van der Waals surface area contributed by atoms with Crippen molar-refractivity contribution in [3.8, 4) is 0 Å². The SMILES string of the molecule is NC(=O)NCc1ccc(S(=O)(=O)NC(=O)CCSc2ccccc2)cc1. The van der Waals surface area contributed by atoms with Gasteiger partial charge < -0.3 is 11.1 Å². The largest absolute Gasteiger partial charge is 0.352 e. The quantitative estimate of drug-likeness (QED) is 0.592. The van der Waals surface area contributed by atoms with Gasteiger partial charge in [-0.1, -0.05) is 30.3 Å². The molecule has 0 unspecified atom stereocenters. The molecule has 0 atom stereocenters. The molecule has 2 rings (SSSR count). The van der Waals surface area contributed by atoms with Crippen molar-refractivity contribution in [1.82, 2.24) is 10.0 Å². The van der Waals surface area contributed by atoms with Crippen LogP contribution >= 0.6 is 11.8 Å². The van der Waals surface area contributed by atoms with Crippen LogP contribution in [0.4, 0.5) is 4.79 Å². The molecule has 0 aromatic heterocycles. The van der Waals surface area contributed by atoms with E-state index in [0.717, 1.165) is 4.90 Å². The lowest BCUT2D eigenvalue weighted by Gasteiger charge is -2.08. The summed E-state index contributed by atoms with van der Waals surface area (Å²) < 4.78 is 26.5. The van der Waals surface area contributed by atoms with Gasteiger partial charge >= 0.3 is 6.03 Å². The number of thioether (sulfide) groups is 1. The number of rotatable bonds is 8. The van der Waals surface area contributed by atoms with Gasteiger partial charge in [0.1, 0.15) is 0 Å². The third-order valence-corrected chi connectivity index (χ3v) is 5.69. The highest BCUT2D eigenvalue weighted by atomic mass is 32.2. The average molecular weight is 393 g/mol. The van der Waals surface area contributed by atoms with Crippen LogP contribution in [0.15, 0.2) is 64.4 Å². The minimum absolute atomic E-state index is 0.0237. The Hall–Kier alpha value is -2.52. The van der Waals surface area contributed by atoms with E-state index in [0.29, 0.717) is 11.3 Å². The average Bonchev–Trinajstić information content (AvgIpc) is 2.61. The first-order valence-corrected chi connectivity index (χ1v) is 10.2. The molecule has 138 valence electrons. The number of benzene rings is 2. The first kappa shape index (κ1) is 19.8. The van der Waals surface area contributed by atoms with Crippen molar-refractivity contribution in [3.05, 3.63) is 60.2 Å². The fraction of sp³-hybridized carbons (Fsp3) is 0.176. The van der Waals surface area contributed by atoms with Crippen molar-refractivity contribution < 1.29 is 18.0 Å². The fourth-order valence-corrected chi connectivity index (χ4v) is 3.90. The molecule has 0 fully saturated rings. The van der Waals surface area contributed by atoms with Crippen LogP contribution in [0.25, 0.3) is 0 Å². The van der Waals surface area contributed by atoms with E-state index in [1.54, 1.807) is 12.1 Å². The Morgan fingerprint density at radius 1 is 1.00 bits per heavy atom. The van der Waals surface area contributed by atoms with Crippen molar-refractivity contribution in [1.29, 1.82) is 0 Å². The molecule has 0 aliphatic heterocycles. The maximum atomic E-state index is 12.2. The van der Waals surface area contributed by atoms with Crippen LogP contribution in [0.3, 0.4) is 0 Å². The third-order valence-electron chi connectivity index (χ3n) is 3.29. The Kier molecular flexibility index (Phi) is 7.05. The molecule has 0 saturated carbocycles. The van der Waals surface area contributed by atoms with Crippen LogP contribution in [0.5, 0.6) is 0 Å². The van der Waals surface area contributed by atoms with Gasteiger partial charge in [0, 0.05) is 23.6 Å². The lowest BCUT2D eigenvalue weighted by Crippen LogP contribution is -2.31. The predicted molar refractivity (Wildman–Crippen MR) is 100.0 cm³/mol. The second-order valence-corrected chi connectivity index (χ2v) is 8.15. The molecule has 0 spiro atoms. The number of hydrogen-bond donors (Lipinski definition) is 3. The summed E-state index contributed by atoms with van der Waals surface area (Å²) >= 11 is 1.48. The second-order valence-electron chi connectivity index (χ2n) is 5.30. The Bertz CT molecular complexity index is 853. The van der Waals surface area contributed by atoms with Gasteiger partial charge in [0.25, 0.3) is 10.0 Å². The Morgan fingerprint density at radius 3 is 2.27 bits per heavy atom. The Balaban J connectivity index is 1.86. The summed E-state index contributed by atoms with van der Waals surface area (Å²) in [5.74, 6) is -0.0868. The zero-order valence-corrected chi connectivity index (χ0v) is 15.5.